The van der Waals surface area contributed by atoms with Gasteiger partial charge in [0.2, 0.25) is 5.89 Å². The molecule has 0 aliphatic carbocycles. The van der Waals surface area contributed by atoms with Crippen molar-refractivity contribution in [3.63, 3.8) is 0 Å². The molecule has 186 valence electrons. The number of rotatable bonds is 6. The highest BCUT2D eigenvalue weighted by molar-refractivity contribution is 7.91. The van der Waals surface area contributed by atoms with Crippen molar-refractivity contribution >= 4 is 21.6 Å². The van der Waals surface area contributed by atoms with Gasteiger partial charge in [-0.1, -0.05) is 24.3 Å². The summed E-state index contributed by atoms with van der Waals surface area (Å²) in [5.41, 5.74) is 0.862. The maximum Gasteiger partial charge on any atom is 0.324 e. The predicted molar refractivity (Wildman–Crippen MR) is 122 cm³/mol. The first-order chi connectivity index (χ1) is 16.6. The lowest BCUT2D eigenvalue weighted by Crippen LogP contribution is -2.48. The zero-order chi connectivity index (χ0) is 25.2. The molecule has 1 saturated heterocycles. The summed E-state index contributed by atoms with van der Waals surface area (Å²) in [5, 5.41) is 6.28. The zero-order valence-electron chi connectivity index (χ0n) is 18.8. The lowest BCUT2D eigenvalue weighted by molar-refractivity contribution is 0.116. The van der Waals surface area contributed by atoms with Crippen LogP contribution in [0.5, 0.6) is 0 Å². The second-order valence-electron chi connectivity index (χ2n) is 8.27. The van der Waals surface area contributed by atoms with E-state index in [1.165, 1.54) is 23.3 Å². The number of benzene rings is 2. The third-order valence-corrected chi connectivity index (χ3v) is 7.55. The van der Waals surface area contributed by atoms with Gasteiger partial charge in [0.15, 0.2) is 0 Å². The first kappa shape index (κ1) is 24.7. The van der Waals surface area contributed by atoms with E-state index in [0.717, 1.165) is 6.07 Å². The molecule has 1 aliphatic rings. The number of urea groups is 1. The van der Waals surface area contributed by atoms with Crippen LogP contribution in [0.15, 0.2) is 52.9 Å². The van der Waals surface area contributed by atoms with Gasteiger partial charge in [-0.25, -0.2) is 17.6 Å². The highest BCUT2D eigenvalue weighted by Gasteiger charge is 2.31. The molecule has 2 amide bonds. The molecule has 4 rings (SSSR count). The van der Waals surface area contributed by atoms with Crippen molar-refractivity contribution in [1.29, 1.82) is 0 Å². The summed E-state index contributed by atoms with van der Waals surface area (Å²) in [6, 6.07) is 12.3. The normalized spacial score (nSPS) is 14.9. The van der Waals surface area contributed by atoms with E-state index in [2.05, 4.69) is 10.2 Å². The van der Waals surface area contributed by atoms with Crippen LogP contribution in [0.4, 0.5) is 23.7 Å². The van der Waals surface area contributed by atoms with Crippen LogP contribution in [0.1, 0.15) is 30.7 Å². The molecule has 0 saturated carbocycles. The van der Waals surface area contributed by atoms with E-state index in [1.807, 2.05) is 0 Å². The summed E-state index contributed by atoms with van der Waals surface area (Å²) in [5.74, 6) is -1.77. The number of alkyl halides is 2. The Hall–Kier alpha value is -3.41. The summed E-state index contributed by atoms with van der Waals surface area (Å²) in [7, 11) is -3.19. The van der Waals surface area contributed by atoms with Crippen LogP contribution in [0, 0.1) is 5.82 Å². The molecule has 35 heavy (non-hydrogen) atoms. The highest BCUT2D eigenvalue weighted by atomic mass is 32.2. The third-order valence-electron chi connectivity index (χ3n) is 5.87. The minimum atomic E-state index is -3.19. The monoisotopic (exact) mass is 508 g/mol. The fourth-order valence-electron chi connectivity index (χ4n) is 3.94. The topological polar surface area (TPSA) is 96.6 Å². The fraction of sp³-hybridized carbons (Fsp3) is 0.348. The average Bonchev–Trinajstić information content (AvgIpc) is 3.34. The van der Waals surface area contributed by atoms with Crippen LogP contribution in [0.3, 0.4) is 0 Å². The van der Waals surface area contributed by atoms with Crippen molar-refractivity contribution in [2.45, 2.75) is 31.1 Å². The molecule has 2 aromatic carbocycles. The Morgan fingerprint density at radius 2 is 1.83 bits per heavy atom. The Morgan fingerprint density at radius 1 is 1.14 bits per heavy atom. The summed E-state index contributed by atoms with van der Waals surface area (Å²) < 4.78 is 69.0. The van der Waals surface area contributed by atoms with Crippen LogP contribution in [0.2, 0.25) is 0 Å². The average molecular weight is 509 g/mol. The van der Waals surface area contributed by atoms with Crippen molar-refractivity contribution in [2.24, 2.45) is 0 Å². The van der Waals surface area contributed by atoms with E-state index in [4.69, 9.17) is 4.42 Å². The summed E-state index contributed by atoms with van der Waals surface area (Å²) in [4.78, 5) is 16.4. The van der Waals surface area contributed by atoms with Gasteiger partial charge in [0, 0.05) is 36.2 Å². The van der Waals surface area contributed by atoms with Crippen LogP contribution >= 0.6 is 0 Å². The summed E-state index contributed by atoms with van der Waals surface area (Å²) in [6.45, 7) is 0.434. The lowest BCUT2D eigenvalue weighted by atomic mass is 10.1. The van der Waals surface area contributed by atoms with E-state index in [1.54, 1.807) is 35.2 Å². The SMILES string of the molecule is CS(=O)(=O)C1CCN(C(=O)N(Cc2ccc(-c3nnc(C(F)F)o3)cc2F)c2ccccc2)CC1. The molecular formula is C23H23F3N4O4S. The Morgan fingerprint density at radius 3 is 2.40 bits per heavy atom. The van der Waals surface area contributed by atoms with E-state index in [0.29, 0.717) is 18.5 Å². The number of piperidine rings is 1. The van der Waals surface area contributed by atoms with Gasteiger partial charge in [-0.2, -0.15) is 8.78 Å². The van der Waals surface area contributed by atoms with Gasteiger partial charge in [0.25, 0.3) is 5.89 Å². The van der Waals surface area contributed by atoms with E-state index in [-0.39, 0.29) is 42.7 Å². The maximum atomic E-state index is 15.0. The first-order valence-corrected chi connectivity index (χ1v) is 12.8. The molecule has 0 N–H and O–H groups in total. The van der Waals surface area contributed by atoms with Crippen LogP contribution in [-0.4, -0.2) is 54.1 Å². The van der Waals surface area contributed by atoms with Crippen molar-refractivity contribution < 1.29 is 30.8 Å². The molecule has 0 radical (unpaired) electrons. The number of para-hydroxylation sites is 1. The van der Waals surface area contributed by atoms with Gasteiger partial charge in [-0.3, -0.25) is 4.90 Å². The molecular weight excluding hydrogens is 485 g/mol. The van der Waals surface area contributed by atoms with Crippen LogP contribution in [-0.2, 0) is 16.4 Å². The number of carbonyl (C=O) groups excluding carboxylic acids is 1. The number of aromatic nitrogens is 2. The van der Waals surface area contributed by atoms with Crippen LogP contribution < -0.4 is 4.90 Å². The molecule has 0 atom stereocenters. The second-order valence-corrected chi connectivity index (χ2v) is 10.6. The number of anilines is 1. The van der Waals surface area contributed by atoms with E-state index >= 15 is 4.39 Å². The third kappa shape index (κ3) is 5.64. The molecule has 3 aromatic rings. The van der Waals surface area contributed by atoms with Crippen molar-refractivity contribution in [3.05, 3.63) is 65.8 Å². The lowest BCUT2D eigenvalue weighted by Gasteiger charge is -2.35. The molecule has 0 unspecified atom stereocenters. The predicted octanol–water partition coefficient (Wildman–Crippen LogP) is 4.45. The molecule has 8 nitrogen and oxygen atoms in total. The highest BCUT2D eigenvalue weighted by Crippen LogP contribution is 2.27. The van der Waals surface area contributed by atoms with Gasteiger partial charge < -0.3 is 9.32 Å². The largest absolute Gasteiger partial charge is 0.415 e. The van der Waals surface area contributed by atoms with Gasteiger partial charge in [0.1, 0.15) is 15.7 Å². The van der Waals surface area contributed by atoms with Crippen molar-refractivity contribution in [2.75, 3.05) is 24.2 Å². The van der Waals surface area contributed by atoms with Gasteiger partial charge in [0.05, 0.1) is 11.8 Å². The smallest absolute Gasteiger partial charge is 0.324 e. The summed E-state index contributed by atoms with van der Waals surface area (Å²) >= 11 is 0. The number of carbonyl (C=O) groups is 1. The Bertz CT molecular complexity index is 1290. The minimum Gasteiger partial charge on any atom is -0.415 e. The molecule has 1 aromatic heterocycles. The Labute approximate surface area is 200 Å². The summed E-state index contributed by atoms with van der Waals surface area (Å²) in [6.07, 6.45) is -1.07. The molecule has 2 heterocycles. The first-order valence-electron chi connectivity index (χ1n) is 10.8. The van der Waals surface area contributed by atoms with E-state index in [9.17, 15) is 22.0 Å². The molecule has 12 heteroatoms. The van der Waals surface area contributed by atoms with Crippen LogP contribution in [0.25, 0.3) is 11.5 Å². The molecule has 0 bridgehead atoms. The molecule has 1 fully saturated rings. The number of nitrogens with zero attached hydrogens (tertiary/aromatic N) is 4. The maximum absolute atomic E-state index is 15.0. The van der Waals surface area contributed by atoms with E-state index < -0.39 is 33.2 Å². The number of hydrogen-bond donors (Lipinski definition) is 0. The number of sulfone groups is 1. The standard InChI is InChI=1S/C23H23F3N4O4S/c1-35(32,33)18-9-11-29(12-10-18)23(31)30(17-5-3-2-4-6-17)14-16-8-7-15(13-19(16)24)21-27-28-22(34-21)20(25)26/h2-8,13,18,20H,9-12,14H2,1H3. The van der Waals surface area contributed by atoms with Gasteiger partial charge >= 0.3 is 12.5 Å². The minimum absolute atomic E-state index is 0.104. The number of amides is 2. The van der Waals surface area contributed by atoms with Crippen molar-refractivity contribution in [3.8, 4) is 11.5 Å². The van der Waals surface area contributed by atoms with Gasteiger partial charge in [-0.15, -0.1) is 10.2 Å². The van der Waals surface area contributed by atoms with Gasteiger partial charge in [-0.05, 0) is 37.1 Å². The number of likely N-dealkylation sites (tertiary alicyclic amines) is 1. The second kappa shape index (κ2) is 10.1. The quantitative estimate of drug-likeness (QED) is 0.488. The Kier molecular flexibility index (Phi) is 7.10. The fourth-order valence-corrected chi connectivity index (χ4v) is 5.01. The Balaban J connectivity index is 1.56. The number of hydrogen-bond acceptors (Lipinski definition) is 6. The number of halogens is 3. The zero-order valence-corrected chi connectivity index (χ0v) is 19.6. The van der Waals surface area contributed by atoms with Crippen molar-refractivity contribution in [1.82, 2.24) is 15.1 Å². The molecule has 0 spiro atoms. The molecule has 1 aliphatic heterocycles.